The molecule has 166 valence electrons. The molecule has 32 heavy (non-hydrogen) atoms. The van der Waals surface area contributed by atoms with E-state index in [0.29, 0.717) is 23.1 Å². The number of allylic oxidation sites excluding steroid dienone is 1. The van der Waals surface area contributed by atoms with E-state index in [1.54, 1.807) is 36.4 Å². The predicted octanol–water partition coefficient (Wildman–Crippen LogP) is 3.72. The van der Waals surface area contributed by atoms with Crippen molar-refractivity contribution in [3.63, 3.8) is 0 Å². The molecule has 0 fully saturated rings. The summed E-state index contributed by atoms with van der Waals surface area (Å²) < 4.78 is 2.54. The summed E-state index contributed by atoms with van der Waals surface area (Å²) in [5.74, 6) is -0.236. The number of hydrogen-bond acceptors (Lipinski definition) is 3. The minimum absolute atomic E-state index is 0.133. The molecule has 0 saturated heterocycles. The molecule has 1 aliphatic rings. The third-order valence-corrected chi connectivity index (χ3v) is 6.11. The molecule has 2 aromatic carbocycles. The highest BCUT2D eigenvalue weighted by molar-refractivity contribution is 5.81. The van der Waals surface area contributed by atoms with Crippen LogP contribution in [0.2, 0.25) is 0 Å². The molecule has 1 aliphatic carbocycles. The molecular weight excluding hydrogens is 402 g/mol. The van der Waals surface area contributed by atoms with Crippen molar-refractivity contribution in [2.24, 2.45) is 0 Å². The number of hydrogen-bond donors (Lipinski definition) is 1. The van der Waals surface area contributed by atoms with E-state index >= 15 is 0 Å². The van der Waals surface area contributed by atoms with Gasteiger partial charge in [0.1, 0.15) is 6.54 Å². The van der Waals surface area contributed by atoms with Gasteiger partial charge in [-0.05, 0) is 68.4 Å². The topological polar surface area (TPSA) is 73.1 Å². The standard InChI is InChI=1S/C26H29N3O3/c1-2-19-12-14-21(15-13-19)29-25(31)22-10-6-7-11-23(22)28(26(29)32)18-24(30)27-17-16-20-8-4-3-5-9-20/h6-8,10-15H,2-5,9,16-18H2,1H3,(H,27,30). The van der Waals surface area contributed by atoms with Gasteiger partial charge in [-0.3, -0.25) is 14.2 Å². The van der Waals surface area contributed by atoms with Crippen molar-refractivity contribution >= 4 is 16.8 Å². The number of para-hydroxylation sites is 1. The summed E-state index contributed by atoms with van der Waals surface area (Å²) in [6, 6.07) is 14.3. The smallest absolute Gasteiger partial charge is 0.336 e. The minimum atomic E-state index is -0.511. The zero-order chi connectivity index (χ0) is 22.5. The number of nitrogens with one attached hydrogen (secondary N) is 1. The lowest BCUT2D eigenvalue weighted by atomic mass is 9.97. The Balaban J connectivity index is 1.64. The maximum atomic E-state index is 13.4. The van der Waals surface area contributed by atoms with E-state index in [4.69, 9.17) is 0 Å². The lowest BCUT2D eigenvalue weighted by Crippen LogP contribution is -2.42. The Morgan fingerprint density at radius 3 is 2.53 bits per heavy atom. The van der Waals surface area contributed by atoms with Gasteiger partial charge in [0.05, 0.1) is 16.6 Å². The van der Waals surface area contributed by atoms with Crippen molar-refractivity contribution in [1.82, 2.24) is 14.5 Å². The fraction of sp³-hybridized carbons (Fsp3) is 0.346. The lowest BCUT2D eigenvalue weighted by molar-refractivity contribution is -0.121. The highest BCUT2D eigenvalue weighted by Gasteiger charge is 2.16. The summed E-state index contributed by atoms with van der Waals surface area (Å²) in [4.78, 5) is 39.2. The maximum Gasteiger partial charge on any atom is 0.336 e. The maximum absolute atomic E-state index is 13.4. The fourth-order valence-electron chi connectivity index (χ4n) is 4.28. The van der Waals surface area contributed by atoms with Gasteiger partial charge in [0.15, 0.2) is 0 Å². The van der Waals surface area contributed by atoms with Gasteiger partial charge in [0.25, 0.3) is 5.56 Å². The molecule has 3 aromatic rings. The fourth-order valence-corrected chi connectivity index (χ4v) is 4.28. The molecule has 4 rings (SSSR count). The van der Waals surface area contributed by atoms with E-state index < -0.39 is 5.69 Å². The normalized spacial score (nSPS) is 13.7. The summed E-state index contributed by atoms with van der Waals surface area (Å²) in [6.07, 6.45) is 8.64. The summed E-state index contributed by atoms with van der Waals surface area (Å²) in [7, 11) is 0. The van der Waals surface area contributed by atoms with E-state index in [9.17, 15) is 14.4 Å². The monoisotopic (exact) mass is 431 g/mol. The first-order chi connectivity index (χ1) is 15.6. The number of carbonyl (C=O) groups is 1. The van der Waals surface area contributed by atoms with Gasteiger partial charge in [-0.2, -0.15) is 0 Å². The highest BCUT2D eigenvalue weighted by atomic mass is 16.2. The van der Waals surface area contributed by atoms with Gasteiger partial charge >= 0.3 is 5.69 Å². The Labute approximate surface area is 187 Å². The quantitative estimate of drug-likeness (QED) is 0.580. The van der Waals surface area contributed by atoms with Crippen LogP contribution in [0.3, 0.4) is 0 Å². The lowest BCUT2D eigenvalue weighted by Gasteiger charge is -2.15. The molecule has 0 unspecified atom stereocenters. The number of aromatic nitrogens is 2. The second-order valence-electron chi connectivity index (χ2n) is 8.25. The van der Waals surface area contributed by atoms with E-state index in [2.05, 4.69) is 11.4 Å². The van der Waals surface area contributed by atoms with Crippen LogP contribution in [0.4, 0.5) is 0 Å². The molecule has 1 aromatic heterocycles. The predicted molar refractivity (Wildman–Crippen MR) is 127 cm³/mol. The van der Waals surface area contributed by atoms with Gasteiger partial charge in [-0.1, -0.05) is 42.8 Å². The largest absolute Gasteiger partial charge is 0.354 e. The van der Waals surface area contributed by atoms with Crippen LogP contribution in [0.25, 0.3) is 16.6 Å². The third-order valence-electron chi connectivity index (χ3n) is 6.11. The van der Waals surface area contributed by atoms with E-state index in [1.807, 2.05) is 19.1 Å². The van der Waals surface area contributed by atoms with Crippen LogP contribution in [-0.2, 0) is 17.8 Å². The SMILES string of the molecule is CCc1ccc(-n2c(=O)c3ccccc3n(CC(=O)NCCC3=CCCCC3)c2=O)cc1. The van der Waals surface area contributed by atoms with Crippen molar-refractivity contribution in [3.05, 3.63) is 86.6 Å². The van der Waals surface area contributed by atoms with Gasteiger partial charge in [0, 0.05) is 6.54 Å². The molecule has 1 N–H and O–H groups in total. The number of nitrogens with zero attached hydrogens (tertiary/aromatic N) is 2. The van der Waals surface area contributed by atoms with E-state index in [-0.39, 0.29) is 18.0 Å². The number of fused-ring (bicyclic) bond motifs is 1. The van der Waals surface area contributed by atoms with Gasteiger partial charge in [-0.25, -0.2) is 9.36 Å². The first-order valence-electron chi connectivity index (χ1n) is 11.4. The average Bonchev–Trinajstić information content (AvgIpc) is 2.83. The summed E-state index contributed by atoms with van der Waals surface area (Å²) >= 11 is 0. The van der Waals surface area contributed by atoms with Crippen LogP contribution >= 0.6 is 0 Å². The number of rotatable bonds is 7. The Kier molecular flexibility index (Phi) is 6.69. The zero-order valence-electron chi connectivity index (χ0n) is 18.5. The number of carbonyl (C=O) groups excluding carboxylic acids is 1. The molecule has 0 saturated carbocycles. The molecule has 0 aliphatic heterocycles. The van der Waals surface area contributed by atoms with Crippen molar-refractivity contribution in [1.29, 1.82) is 0 Å². The Hall–Kier alpha value is -3.41. The molecule has 6 nitrogen and oxygen atoms in total. The second kappa shape index (κ2) is 9.81. The van der Waals surface area contributed by atoms with Crippen LogP contribution < -0.4 is 16.6 Å². The zero-order valence-corrected chi connectivity index (χ0v) is 18.5. The van der Waals surface area contributed by atoms with Gasteiger partial charge in [-0.15, -0.1) is 0 Å². The van der Waals surface area contributed by atoms with Crippen LogP contribution in [0.1, 0.15) is 44.6 Å². The van der Waals surface area contributed by atoms with Crippen LogP contribution in [-0.4, -0.2) is 21.6 Å². The first-order valence-corrected chi connectivity index (χ1v) is 11.4. The third kappa shape index (κ3) is 4.59. The highest BCUT2D eigenvalue weighted by Crippen LogP contribution is 2.19. The van der Waals surface area contributed by atoms with Crippen molar-refractivity contribution in [2.45, 2.75) is 52.0 Å². The van der Waals surface area contributed by atoms with Crippen molar-refractivity contribution < 1.29 is 4.79 Å². The molecule has 0 atom stereocenters. The van der Waals surface area contributed by atoms with Gasteiger partial charge < -0.3 is 5.32 Å². The molecule has 1 amide bonds. The second-order valence-corrected chi connectivity index (χ2v) is 8.25. The summed E-state index contributed by atoms with van der Waals surface area (Å²) in [5, 5.41) is 3.34. The number of amides is 1. The molecule has 6 heteroatoms. The summed E-state index contributed by atoms with van der Waals surface area (Å²) in [5.41, 5.74) is 2.59. The molecule has 0 bridgehead atoms. The summed E-state index contributed by atoms with van der Waals surface area (Å²) in [6.45, 7) is 2.47. The van der Waals surface area contributed by atoms with E-state index in [1.165, 1.54) is 23.0 Å². The first kappa shape index (κ1) is 21.8. The van der Waals surface area contributed by atoms with Gasteiger partial charge in [0.2, 0.25) is 5.91 Å². The molecular formula is C26H29N3O3. The van der Waals surface area contributed by atoms with Crippen LogP contribution in [0, 0.1) is 0 Å². The minimum Gasteiger partial charge on any atom is -0.354 e. The molecule has 0 spiro atoms. The van der Waals surface area contributed by atoms with E-state index in [0.717, 1.165) is 35.8 Å². The number of benzene rings is 2. The van der Waals surface area contributed by atoms with Crippen molar-refractivity contribution in [3.8, 4) is 5.69 Å². The van der Waals surface area contributed by atoms with Crippen LogP contribution in [0.15, 0.2) is 69.8 Å². The Morgan fingerprint density at radius 1 is 1.03 bits per heavy atom. The van der Waals surface area contributed by atoms with Crippen LogP contribution in [0.5, 0.6) is 0 Å². The average molecular weight is 432 g/mol. The Bertz CT molecular complexity index is 1270. The molecule has 1 heterocycles. The number of aryl methyl sites for hydroxylation is 1. The Morgan fingerprint density at radius 2 is 1.81 bits per heavy atom. The molecule has 0 radical (unpaired) electrons. The van der Waals surface area contributed by atoms with Crippen molar-refractivity contribution in [2.75, 3.05) is 6.54 Å².